The molecule has 0 saturated carbocycles. The fourth-order valence-electron chi connectivity index (χ4n) is 2.23. The molecule has 3 aromatic rings. The van der Waals surface area contributed by atoms with Gasteiger partial charge in [-0.25, -0.2) is 56.5 Å². The zero-order valence-corrected chi connectivity index (χ0v) is 18.1. The van der Waals surface area contributed by atoms with E-state index >= 15 is 0 Å². The van der Waals surface area contributed by atoms with Crippen LogP contribution in [0.3, 0.4) is 0 Å². The Bertz CT molecular complexity index is 1160. The average molecular weight is 413 g/mol. The zero-order valence-electron chi connectivity index (χ0n) is 18.1. The second-order valence-electron chi connectivity index (χ2n) is 6.36. The van der Waals surface area contributed by atoms with E-state index in [1.165, 1.54) is 42.1 Å². The Morgan fingerprint density at radius 3 is 0.828 bits per heavy atom. The van der Waals surface area contributed by atoms with Crippen LogP contribution in [0.1, 0.15) is 5.82 Å². The lowest BCUT2D eigenvalue weighted by Crippen LogP contribution is -2.24. The molecule has 3 rings (SSSR count). The van der Waals surface area contributed by atoms with Crippen molar-refractivity contribution in [3.8, 4) is 0 Å². The topological polar surface area (TPSA) is 138 Å². The van der Waals surface area contributed by atoms with Crippen LogP contribution in [0.15, 0.2) is 24.0 Å². The summed E-state index contributed by atoms with van der Waals surface area (Å²) in [7, 11) is 12.4. The van der Waals surface area contributed by atoms with Crippen LogP contribution in [0, 0.1) is 6.92 Å². The summed E-state index contributed by atoms with van der Waals surface area (Å²) in [5.74, 6) is 0.738. The Hall–Kier alpha value is -3.58. The van der Waals surface area contributed by atoms with Crippen molar-refractivity contribution < 1.29 is 0 Å². The molecule has 162 valence electrons. The molecule has 0 unspecified atom stereocenters. The highest BCUT2D eigenvalue weighted by Crippen LogP contribution is 1.80. The van der Waals surface area contributed by atoms with E-state index in [0.717, 1.165) is 15.0 Å². The van der Waals surface area contributed by atoms with Crippen molar-refractivity contribution in [3.05, 3.63) is 58.2 Å². The number of aryl methyl sites for hydroxylation is 2. The number of rotatable bonds is 0. The molecule has 0 atom stereocenters. The second-order valence-corrected chi connectivity index (χ2v) is 6.36. The molecule has 0 amide bonds. The molecule has 0 radical (unpaired) electrons. The number of nitrogens with zero attached hydrogens (tertiary/aromatic N) is 9. The van der Waals surface area contributed by atoms with Gasteiger partial charge in [-0.05, 0) is 6.92 Å². The van der Waals surface area contributed by atoms with Gasteiger partial charge < -0.3 is 0 Å². The minimum absolute atomic E-state index is 0.0764. The van der Waals surface area contributed by atoms with Crippen LogP contribution in [-0.4, -0.2) is 42.2 Å². The normalized spacial score (nSPS) is 10.2. The summed E-state index contributed by atoms with van der Waals surface area (Å²) >= 11 is 0. The first kappa shape index (κ1) is 23.5. The Morgan fingerprint density at radius 1 is 0.483 bits per heavy atom. The molecule has 3 aromatic heterocycles. The van der Waals surface area contributed by atoms with Gasteiger partial charge in [0, 0.05) is 56.4 Å². The number of aromatic nitrogens is 9. The minimum Gasteiger partial charge on any atom is -0.282 e. The highest BCUT2D eigenvalue weighted by molar-refractivity contribution is 4.79. The molecule has 0 fully saturated rings. The Labute approximate surface area is 164 Å². The third-order valence-electron chi connectivity index (χ3n) is 4.50. The van der Waals surface area contributed by atoms with Gasteiger partial charge in [-0.2, -0.15) is 5.10 Å². The third kappa shape index (κ3) is 4.47. The van der Waals surface area contributed by atoms with E-state index in [4.69, 9.17) is 0 Å². The molecule has 14 heteroatoms. The van der Waals surface area contributed by atoms with Crippen molar-refractivity contribution in [2.45, 2.75) is 6.92 Å². The molecule has 29 heavy (non-hydrogen) atoms. The Morgan fingerprint density at radius 2 is 0.759 bits per heavy atom. The monoisotopic (exact) mass is 413 g/mol. The maximum atomic E-state index is 10.9. The molecule has 0 aliphatic rings. The molecular formula is C15H27N9O5. The van der Waals surface area contributed by atoms with E-state index in [0.29, 0.717) is 0 Å². The first-order valence-electron chi connectivity index (χ1n) is 8.38. The first-order valence-corrected chi connectivity index (χ1v) is 8.38. The summed E-state index contributed by atoms with van der Waals surface area (Å²) < 4.78 is 9.94. The van der Waals surface area contributed by atoms with Gasteiger partial charge in [0.15, 0.2) is 0 Å². The Balaban J connectivity index is 0.000000218. The van der Waals surface area contributed by atoms with Crippen LogP contribution in [0.2, 0.25) is 0 Å². The van der Waals surface area contributed by atoms with E-state index in [1.54, 1.807) is 49.2 Å². The van der Waals surface area contributed by atoms with Crippen molar-refractivity contribution in [1.29, 1.82) is 0 Å². The summed E-state index contributed by atoms with van der Waals surface area (Å²) in [5, 5.41) is 3.88. The summed E-state index contributed by atoms with van der Waals surface area (Å²) in [6, 6.07) is 0. The number of hydrogen-bond acceptors (Lipinski definition) is 6. The minimum atomic E-state index is -0.299. The molecule has 0 spiro atoms. The Kier molecular flexibility index (Phi) is 6.97. The summed E-state index contributed by atoms with van der Waals surface area (Å²) in [5.41, 5.74) is -1.27. The van der Waals surface area contributed by atoms with Crippen molar-refractivity contribution in [3.63, 3.8) is 0 Å². The van der Waals surface area contributed by atoms with E-state index < -0.39 is 0 Å². The van der Waals surface area contributed by atoms with Gasteiger partial charge in [0.1, 0.15) is 5.82 Å². The molecule has 0 N–H and O–H groups in total. The van der Waals surface area contributed by atoms with Gasteiger partial charge in [0.25, 0.3) is 0 Å². The van der Waals surface area contributed by atoms with Gasteiger partial charge in [-0.3, -0.25) is 4.57 Å². The molecule has 0 saturated heterocycles. The van der Waals surface area contributed by atoms with Gasteiger partial charge in [0.05, 0.1) is 0 Å². The third-order valence-corrected chi connectivity index (χ3v) is 4.50. The van der Waals surface area contributed by atoms with Crippen LogP contribution < -0.4 is 28.4 Å². The van der Waals surface area contributed by atoms with Crippen molar-refractivity contribution in [2.75, 3.05) is 0 Å². The predicted molar refractivity (Wildman–Crippen MR) is 105 cm³/mol. The van der Waals surface area contributed by atoms with Crippen LogP contribution in [0.5, 0.6) is 0 Å². The SMILES string of the molecule is Cc1nn(C)c(=O)n1C.Cn1c(=O)n(C)n(C)c1=O.Cn1c(=O)n(C)n(C)c1=O. The van der Waals surface area contributed by atoms with Crippen LogP contribution in [0.25, 0.3) is 0 Å². The van der Waals surface area contributed by atoms with Gasteiger partial charge >= 0.3 is 28.4 Å². The van der Waals surface area contributed by atoms with E-state index in [1.807, 2.05) is 0 Å². The van der Waals surface area contributed by atoms with Crippen molar-refractivity contribution in [2.24, 2.45) is 56.4 Å². The van der Waals surface area contributed by atoms with E-state index in [2.05, 4.69) is 5.10 Å². The van der Waals surface area contributed by atoms with Gasteiger partial charge in [0.2, 0.25) is 0 Å². The molecule has 0 bridgehead atoms. The molecule has 3 heterocycles. The van der Waals surface area contributed by atoms with Crippen LogP contribution in [0.4, 0.5) is 0 Å². The molecule has 14 nitrogen and oxygen atoms in total. The van der Waals surface area contributed by atoms with Crippen molar-refractivity contribution >= 4 is 0 Å². The first-order chi connectivity index (χ1) is 13.2. The summed E-state index contributed by atoms with van der Waals surface area (Å²) in [4.78, 5) is 54.5. The number of hydrogen-bond donors (Lipinski definition) is 0. The van der Waals surface area contributed by atoms with E-state index in [-0.39, 0.29) is 28.4 Å². The molecule has 0 aromatic carbocycles. The zero-order chi connectivity index (χ0) is 22.8. The quantitative estimate of drug-likeness (QED) is 0.371. The maximum Gasteiger partial charge on any atom is 0.346 e. The van der Waals surface area contributed by atoms with Gasteiger partial charge in [-0.1, -0.05) is 0 Å². The molecule has 0 aliphatic heterocycles. The van der Waals surface area contributed by atoms with E-state index in [9.17, 15) is 24.0 Å². The standard InChI is InChI=1S/2C5H9N3O2.C5H9N3O/c2*1-6-4(9)7(2)8(3)5(6)10;1-4-6-8(3)5(9)7(4)2/h2*1-3H3;1-3H3. The predicted octanol–water partition coefficient (Wildman–Crippen LogP) is -3.73. The van der Waals surface area contributed by atoms with Crippen molar-refractivity contribution in [1.82, 2.24) is 42.2 Å². The summed E-state index contributed by atoms with van der Waals surface area (Å²) in [6.07, 6.45) is 0. The lowest BCUT2D eigenvalue weighted by molar-refractivity contribution is 0.565. The average Bonchev–Trinajstić information content (AvgIpc) is 3.09. The largest absolute Gasteiger partial charge is 0.346 e. The lowest BCUT2D eigenvalue weighted by atomic mass is 10.7. The fraction of sp³-hybridized carbons (Fsp3) is 0.600. The summed E-state index contributed by atoms with van der Waals surface area (Å²) in [6.45, 7) is 1.79. The highest BCUT2D eigenvalue weighted by Gasteiger charge is 2.04. The molecule has 0 aliphatic carbocycles. The van der Waals surface area contributed by atoms with Crippen LogP contribution >= 0.6 is 0 Å². The van der Waals surface area contributed by atoms with Gasteiger partial charge in [-0.15, -0.1) is 0 Å². The maximum absolute atomic E-state index is 10.9. The lowest BCUT2D eigenvalue weighted by Gasteiger charge is -1.91. The fourth-order valence-corrected chi connectivity index (χ4v) is 2.23. The highest BCUT2D eigenvalue weighted by atomic mass is 16.2. The second kappa shape index (κ2) is 8.62. The smallest absolute Gasteiger partial charge is 0.282 e. The van der Waals surface area contributed by atoms with Crippen LogP contribution in [-0.2, 0) is 56.4 Å². The molecular weight excluding hydrogens is 386 g/mol.